The maximum atomic E-state index is 14.0. The Balaban J connectivity index is 1.03. The molecule has 2 fully saturated rings. The van der Waals surface area contributed by atoms with Crippen molar-refractivity contribution in [1.29, 1.82) is 0 Å². The van der Waals surface area contributed by atoms with Crippen molar-refractivity contribution in [2.75, 3.05) is 26.2 Å². The molecule has 3 aromatic heterocycles. The molecule has 230 valence electrons. The summed E-state index contributed by atoms with van der Waals surface area (Å²) in [6, 6.07) is 26.0. The van der Waals surface area contributed by atoms with E-state index in [9.17, 15) is 14.7 Å². The number of piperidine rings is 2. The Kier molecular flexibility index (Phi) is 8.04. The van der Waals surface area contributed by atoms with Crippen LogP contribution in [0.3, 0.4) is 0 Å². The summed E-state index contributed by atoms with van der Waals surface area (Å²) in [5, 5.41) is 12.1. The topological polar surface area (TPSA) is 96.5 Å². The van der Waals surface area contributed by atoms with Gasteiger partial charge in [-0.15, -0.1) is 0 Å². The Labute approximate surface area is 262 Å². The number of aliphatic hydroxyl groups is 1. The number of para-hydroxylation sites is 1. The smallest absolute Gasteiger partial charge is 0.262 e. The van der Waals surface area contributed by atoms with Crippen molar-refractivity contribution in [2.24, 2.45) is 5.92 Å². The Bertz CT molecular complexity index is 1810. The number of aromatic nitrogens is 4. The first-order valence-electron chi connectivity index (χ1n) is 15.8. The van der Waals surface area contributed by atoms with Crippen LogP contribution in [0.25, 0.3) is 16.7 Å². The monoisotopic (exact) mass is 602 g/mol. The summed E-state index contributed by atoms with van der Waals surface area (Å²) in [6.45, 7) is 3.56. The lowest BCUT2D eigenvalue weighted by molar-refractivity contribution is -0.142. The molecule has 45 heavy (non-hydrogen) atoms. The molecule has 2 aliphatic heterocycles. The highest BCUT2D eigenvalue weighted by atomic mass is 16.3. The van der Waals surface area contributed by atoms with Crippen LogP contribution < -0.4 is 5.56 Å². The van der Waals surface area contributed by atoms with E-state index in [2.05, 4.69) is 27.0 Å². The van der Waals surface area contributed by atoms with Crippen LogP contribution in [0, 0.1) is 5.92 Å². The largest absolute Gasteiger partial charge is 0.388 e. The van der Waals surface area contributed by atoms with Crippen LogP contribution >= 0.6 is 0 Å². The van der Waals surface area contributed by atoms with Gasteiger partial charge in [0.1, 0.15) is 6.33 Å². The molecule has 0 radical (unpaired) electrons. The van der Waals surface area contributed by atoms with E-state index < -0.39 is 5.60 Å². The van der Waals surface area contributed by atoms with Crippen molar-refractivity contribution in [3.8, 4) is 5.69 Å². The third-order valence-electron chi connectivity index (χ3n) is 9.57. The van der Waals surface area contributed by atoms with Crippen LogP contribution in [0.5, 0.6) is 0 Å². The predicted molar refractivity (Wildman–Crippen MR) is 173 cm³/mol. The van der Waals surface area contributed by atoms with Gasteiger partial charge in [0.05, 0.1) is 17.5 Å². The quantitative estimate of drug-likeness (QED) is 0.300. The van der Waals surface area contributed by atoms with E-state index in [1.54, 1.807) is 6.07 Å². The molecule has 0 spiro atoms. The molecule has 2 aliphatic rings. The number of carbonyl (C=O) groups is 1. The van der Waals surface area contributed by atoms with Gasteiger partial charge in [-0.2, -0.15) is 0 Å². The van der Waals surface area contributed by atoms with Crippen LogP contribution in [0.1, 0.15) is 36.3 Å². The predicted octanol–water partition coefficient (Wildman–Crippen LogP) is 4.24. The Morgan fingerprint density at radius 1 is 0.911 bits per heavy atom. The average Bonchev–Trinajstić information content (AvgIpc) is 3.52. The lowest BCUT2D eigenvalue weighted by Gasteiger charge is -2.43. The van der Waals surface area contributed by atoms with E-state index in [1.807, 2.05) is 88.7 Å². The minimum absolute atomic E-state index is 0.0923. The van der Waals surface area contributed by atoms with Crippen LogP contribution in [0.2, 0.25) is 0 Å². The second kappa shape index (κ2) is 12.4. The van der Waals surface area contributed by atoms with Gasteiger partial charge in [0.15, 0.2) is 5.65 Å². The van der Waals surface area contributed by atoms with Gasteiger partial charge in [-0.1, -0.05) is 48.5 Å². The molecule has 5 heterocycles. The molecule has 2 saturated heterocycles. The zero-order valence-corrected chi connectivity index (χ0v) is 25.3. The number of carbonyl (C=O) groups excluding carboxylic acids is 1. The Morgan fingerprint density at radius 3 is 2.36 bits per heavy atom. The summed E-state index contributed by atoms with van der Waals surface area (Å²) in [7, 11) is 0. The molecule has 9 heteroatoms. The van der Waals surface area contributed by atoms with E-state index in [4.69, 9.17) is 0 Å². The fraction of sp³-hybridized carbons (Fsp3) is 0.333. The van der Waals surface area contributed by atoms with Gasteiger partial charge in [0, 0.05) is 62.3 Å². The number of rotatable bonds is 7. The lowest BCUT2D eigenvalue weighted by atomic mass is 9.79. The molecule has 1 amide bonds. The van der Waals surface area contributed by atoms with Gasteiger partial charge in [0.25, 0.3) is 5.56 Å². The van der Waals surface area contributed by atoms with Crippen molar-refractivity contribution in [3.05, 3.63) is 125 Å². The number of fused-ring (bicyclic) bond motifs is 1. The van der Waals surface area contributed by atoms with Gasteiger partial charge < -0.3 is 14.6 Å². The molecule has 0 unspecified atom stereocenters. The van der Waals surface area contributed by atoms with Crippen LogP contribution in [-0.2, 0) is 17.9 Å². The molecule has 0 saturated carbocycles. The maximum Gasteiger partial charge on any atom is 0.262 e. The molecule has 5 aromatic rings. The molecule has 0 aliphatic carbocycles. The molecule has 9 nitrogen and oxygen atoms in total. The highest BCUT2D eigenvalue weighted by Crippen LogP contribution is 2.36. The summed E-state index contributed by atoms with van der Waals surface area (Å²) in [6.07, 6.45) is 8.63. The first kappa shape index (κ1) is 29.1. The molecule has 2 atom stereocenters. The second-order valence-electron chi connectivity index (χ2n) is 12.5. The number of pyridine rings is 1. The number of likely N-dealkylation sites (tertiary alicyclic amines) is 2. The van der Waals surface area contributed by atoms with Crippen molar-refractivity contribution in [3.63, 3.8) is 0 Å². The number of nitrogens with zero attached hydrogens (tertiary/aromatic N) is 6. The van der Waals surface area contributed by atoms with E-state index in [-0.39, 0.29) is 29.8 Å². The molecule has 2 aromatic carbocycles. The molecule has 0 bridgehead atoms. The highest BCUT2D eigenvalue weighted by molar-refractivity contribution is 5.80. The maximum absolute atomic E-state index is 14.0. The molecule has 1 N–H and O–H groups in total. The molecular weight excluding hydrogens is 564 g/mol. The molecule has 7 rings (SSSR count). The SMILES string of the molecule is O=C([C@@H]1CCN(Cc2ccncc2)C[C@H]1c1ccccc1)N1CCC(O)(Cn2cnc3c(ccn3-c3ccccc3)c2=O)CC1. The first-order valence-corrected chi connectivity index (χ1v) is 15.8. The lowest BCUT2D eigenvalue weighted by Crippen LogP contribution is -2.53. The summed E-state index contributed by atoms with van der Waals surface area (Å²) >= 11 is 0. The number of hydrogen-bond acceptors (Lipinski definition) is 6. The van der Waals surface area contributed by atoms with Gasteiger partial charge in [-0.3, -0.25) is 24.0 Å². The van der Waals surface area contributed by atoms with Crippen LogP contribution in [-0.4, -0.2) is 71.7 Å². The van der Waals surface area contributed by atoms with Crippen LogP contribution in [0.15, 0.2) is 109 Å². The Hall–Kier alpha value is -4.60. The van der Waals surface area contributed by atoms with E-state index in [0.717, 1.165) is 31.7 Å². The minimum Gasteiger partial charge on any atom is -0.388 e. The summed E-state index contributed by atoms with van der Waals surface area (Å²) in [4.78, 5) is 40.5. The number of amides is 1. The van der Waals surface area contributed by atoms with Crippen molar-refractivity contribution >= 4 is 16.9 Å². The second-order valence-corrected chi connectivity index (χ2v) is 12.5. The van der Waals surface area contributed by atoms with Gasteiger partial charge >= 0.3 is 0 Å². The fourth-order valence-electron chi connectivity index (χ4n) is 7.06. The highest BCUT2D eigenvalue weighted by Gasteiger charge is 2.41. The summed E-state index contributed by atoms with van der Waals surface area (Å²) in [5.41, 5.74) is 2.67. The van der Waals surface area contributed by atoms with Gasteiger partial charge in [0.2, 0.25) is 5.91 Å². The minimum atomic E-state index is -1.09. The summed E-state index contributed by atoms with van der Waals surface area (Å²) < 4.78 is 3.41. The molecular formula is C36H38N6O3. The normalized spacial score (nSPS) is 20.3. The van der Waals surface area contributed by atoms with E-state index in [1.165, 1.54) is 22.0 Å². The van der Waals surface area contributed by atoms with Crippen molar-refractivity contribution in [2.45, 2.75) is 43.9 Å². The number of benzene rings is 2. The standard InChI is InChI=1S/C36H38N6O3/c43-34(30-13-19-39(23-27-11-17-37-18-12-27)24-32(30)28-7-3-1-4-8-28)40-21-15-36(45,16-22-40)25-41-26-38-33-31(35(41)44)14-20-42(33)29-9-5-2-6-10-29/h1-12,14,17-18,20,26,30,32,45H,13,15-16,19,21-25H2/t30-,32+/m1/s1. The van der Waals surface area contributed by atoms with E-state index in [0.29, 0.717) is 37.0 Å². The first-order chi connectivity index (χ1) is 22.0. The van der Waals surface area contributed by atoms with Gasteiger partial charge in [-0.05, 0) is 67.3 Å². The zero-order chi connectivity index (χ0) is 30.8. The van der Waals surface area contributed by atoms with Crippen LogP contribution in [0.4, 0.5) is 0 Å². The zero-order valence-electron chi connectivity index (χ0n) is 25.3. The average molecular weight is 603 g/mol. The third kappa shape index (κ3) is 6.06. The fourth-order valence-corrected chi connectivity index (χ4v) is 7.06. The van der Waals surface area contributed by atoms with Gasteiger partial charge in [-0.25, -0.2) is 4.98 Å². The van der Waals surface area contributed by atoms with Crippen molar-refractivity contribution < 1.29 is 9.90 Å². The Morgan fingerprint density at radius 2 is 1.62 bits per heavy atom. The third-order valence-corrected chi connectivity index (χ3v) is 9.57. The number of hydrogen-bond donors (Lipinski definition) is 1. The van der Waals surface area contributed by atoms with E-state index >= 15 is 0 Å². The summed E-state index contributed by atoms with van der Waals surface area (Å²) in [5.74, 6) is 0.141. The van der Waals surface area contributed by atoms with Crippen molar-refractivity contribution in [1.82, 2.24) is 28.9 Å².